The molecular formula is C22H22F2N+. The molecule has 3 heteroatoms. The lowest BCUT2D eigenvalue weighted by Crippen LogP contribution is -2.46. The first-order valence-corrected chi connectivity index (χ1v) is 8.45. The number of hydrogen-bond acceptors (Lipinski definition) is 0. The molecule has 0 bridgehead atoms. The first kappa shape index (κ1) is 17.3. The summed E-state index contributed by atoms with van der Waals surface area (Å²) in [5, 5.41) is 0. The Hall–Kier alpha value is -2.55. The minimum Gasteiger partial charge on any atom is -0.212 e. The highest BCUT2D eigenvalue weighted by Crippen LogP contribution is 2.41. The number of hydrogen-bond donors (Lipinski definition) is 0. The van der Waals surface area contributed by atoms with E-state index in [1.165, 1.54) is 19.1 Å². The van der Waals surface area contributed by atoms with Gasteiger partial charge in [-0.05, 0) is 61.7 Å². The fourth-order valence-electron chi connectivity index (χ4n) is 3.69. The highest BCUT2D eigenvalue weighted by atomic mass is 19.1. The van der Waals surface area contributed by atoms with Crippen molar-refractivity contribution >= 4 is 0 Å². The standard InChI is InChI=1S/C22H22F2N/c1-4-21-18(10-8-15(2)13-16(3)23)20-14-17(24)9-11-19(20)22-7-5-6-12-25(21)22/h4-7,9,11-14,18,21H,1-2,8,10H2,3H3/q+1/b16-13+. The van der Waals surface area contributed by atoms with Gasteiger partial charge in [-0.3, -0.25) is 0 Å². The Morgan fingerprint density at radius 1 is 1.28 bits per heavy atom. The van der Waals surface area contributed by atoms with Crippen LogP contribution in [0.15, 0.2) is 79.3 Å². The smallest absolute Gasteiger partial charge is 0.212 e. The summed E-state index contributed by atoms with van der Waals surface area (Å²) >= 11 is 0. The number of nitrogens with zero attached hydrogens (tertiary/aromatic N) is 1. The zero-order valence-electron chi connectivity index (χ0n) is 14.4. The first-order valence-electron chi connectivity index (χ1n) is 8.45. The van der Waals surface area contributed by atoms with E-state index in [4.69, 9.17) is 0 Å². The third-order valence-electron chi connectivity index (χ3n) is 4.73. The highest BCUT2D eigenvalue weighted by molar-refractivity contribution is 5.63. The summed E-state index contributed by atoms with van der Waals surface area (Å²) in [4.78, 5) is 0. The number of aromatic nitrogens is 1. The topological polar surface area (TPSA) is 3.88 Å². The average Bonchev–Trinajstić information content (AvgIpc) is 2.58. The predicted molar refractivity (Wildman–Crippen MR) is 97.2 cm³/mol. The molecule has 0 spiro atoms. The van der Waals surface area contributed by atoms with Crippen molar-refractivity contribution in [3.63, 3.8) is 0 Å². The summed E-state index contributed by atoms with van der Waals surface area (Å²) in [6.07, 6.45) is 6.79. The lowest BCUT2D eigenvalue weighted by Gasteiger charge is -2.29. The molecule has 2 atom stereocenters. The zero-order valence-corrected chi connectivity index (χ0v) is 14.4. The number of pyridine rings is 1. The lowest BCUT2D eigenvalue weighted by atomic mass is 9.79. The van der Waals surface area contributed by atoms with Crippen LogP contribution in [0.4, 0.5) is 8.78 Å². The number of halogens is 2. The van der Waals surface area contributed by atoms with Gasteiger partial charge >= 0.3 is 0 Å². The fraction of sp³-hybridized carbons (Fsp3) is 0.227. The van der Waals surface area contributed by atoms with Gasteiger partial charge in [-0.1, -0.05) is 18.7 Å². The quantitative estimate of drug-likeness (QED) is 0.368. The molecule has 1 aromatic heterocycles. The van der Waals surface area contributed by atoms with Crippen LogP contribution < -0.4 is 4.57 Å². The van der Waals surface area contributed by atoms with Crippen molar-refractivity contribution < 1.29 is 13.3 Å². The molecule has 0 fully saturated rings. The van der Waals surface area contributed by atoms with E-state index in [9.17, 15) is 8.78 Å². The van der Waals surface area contributed by atoms with Crippen molar-refractivity contribution in [1.29, 1.82) is 0 Å². The minimum atomic E-state index is -0.250. The molecule has 0 saturated heterocycles. The van der Waals surface area contributed by atoms with E-state index in [1.54, 1.807) is 6.07 Å². The van der Waals surface area contributed by atoms with Gasteiger partial charge in [0.25, 0.3) is 0 Å². The second kappa shape index (κ2) is 7.14. The van der Waals surface area contributed by atoms with Gasteiger partial charge < -0.3 is 0 Å². The number of benzene rings is 1. The molecule has 0 radical (unpaired) electrons. The van der Waals surface area contributed by atoms with Crippen LogP contribution in [0.2, 0.25) is 0 Å². The van der Waals surface area contributed by atoms with E-state index < -0.39 is 0 Å². The molecular weight excluding hydrogens is 316 g/mol. The van der Waals surface area contributed by atoms with E-state index in [1.807, 2.05) is 36.5 Å². The fourth-order valence-corrected chi connectivity index (χ4v) is 3.69. The van der Waals surface area contributed by atoms with Gasteiger partial charge in [-0.2, -0.15) is 4.57 Å². The zero-order chi connectivity index (χ0) is 18.0. The second-order valence-corrected chi connectivity index (χ2v) is 6.49. The number of rotatable bonds is 5. The van der Waals surface area contributed by atoms with Crippen LogP contribution >= 0.6 is 0 Å². The van der Waals surface area contributed by atoms with Crippen molar-refractivity contribution in [2.45, 2.75) is 31.7 Å². The van der Waals surface area contributed by atoms with Crippen LogP contribution in [-0.2, 0) is 0 Å². The Labute approximate surface area is 147 Å². The summed E-state index contributed by atoms with van der Waals surface area (Å²) in [7, 11) is 0. The summed E-state index contributed by atoms with van der Waals surface area (Å²) in [6.45, 7) is 9.33. The summed E-state index contributed by atoms with van der Waals surface area (Å²) in [6, 6.07) is 11.0. The Bertz CT molecular complexity index is 847. The van der Waals surface area contributed by atoms with Crippen molar-refractivity contribution in [1.82, 2.24) is 0 Å². The molecule has 1 nitrogen and oxygen atoms in total. The molecule has 2 heterocycles. The number of fused-ring (bicyclic) bond motifs is 3. The SMILES string of the molecule is C=CC1C(CCC(=C)/C=C(\C)F)c2cc(F)ccc2-c2cccc[n+]21. The Morgan fingerprint density at radius 2 is 2.08 bits per heavy atom. The van der Waals surface area contributed by atoms with Crippen LogP contribution in [0.5, 0.6) is 0 Å². The van der Waals surface area contributed by atoms with Crippen LogP contribution in [0.1, 0.15) is 37.3 Å². The molecule has 128 valence electrons. The highest BCUT2D eigenvalue weighted by Gasteiger charge is 2.37. The first-order chi connectivity index (χ1) is 12.0. The van der Waals surface area contributed by atoms with E-state index in [2.05, 4.69) is 17.7 Å². The van der Waals surface area contributed by atoms with Gasteiger partial charge in [0.1, 0.15) is 5.82 Å². The van der Waals surface area contributed by atoms with Gasteiger partial charge in [-0.15, -0.1) is 0 Å². The largest absolute Gasteiger partial charge is 0.213 e. The van der Waals surface area contributed by atoms with Gasteiger partial charge in [0.15, 0.2) is 12.2 Å². The van der Waals surface area contributed by atoms with E-state index in [0.717, 1.165) is 28.8 Å². The molecule has 1 aromatic carbocycles. The summed E-state index contributed by atoms with van der Waals surface area (Å²) in [5.41, 5.74) is 3.80. The Morgan fingerprint density at radius 3 is 2.80 bits per heavy atom. The summed E-state index contributed by atoms with van der Waals surface area (Å²) in [5.74, 6) is -0.428. The van der Waals surface area contributed by atoms with Gasteiger partial charge in [0.05, 0.1) is 17.3 Å². The molecule has 1 aliphatic rings. The normalized spacial score (nSPS) is 19.1. The molecule has 0 aliphatic carbocycles. The molecule has 2 aromatic rings. The van der Waals surface area contributed by atoms with E-state index in [-0.39, 0.29) is 23.6 Å². The maximum atomic E-state index is 13.9. The molecule has 25 heavy (non-hydrogen) atoms. The van der Waals surface area contributed by atoms with E-state index >= 15 is 0 Å². The molecule has 3 rings (SSSR count). The van der Waals surface area contributed by atoms with Crippen molar-refractivity contribution in [3.05, 3.63) is 90.7 Å². The van der Waals surface area contributed by atoms with Crippen molar-refractivity contribution in [2.24, 2.45) is 0 Å². The Balaban J connectivity index is 2.02. The van der Waals surface area contributed by atoms with Crippen LogP contribution in [-0.4, -0.2) is 0 Å². The van der Waals surface area contributed by atoms with Crippen LogP contribution in [0.3, 0.4) is 0 Å². The lowest BCUT2D eigenvalue weighted by molar-refractivity contribution is -0.707. The van der Waals surface area contributed by atoms with E-state index in [0.29, 0.717) is 6.42 Å². The van der Waals surface area contributed by atoms with Crippen molar-refractivity contribution in [3.8, 4) is 11.3 Å². The minimum absolute atomic E-state index is 0.0220. The van der Waals surface area contributed by atoms with Gasteiger partial charge in [0, 0.05) is 12.1 Å². The monoisotopic (exact) mass is 338 g/mol. The molecule has 0 amide bonds. The summed E-state index contributed by atoms with van der Waals surface area (Å²) < 4.78 is 29.2. The maximum Gasteiger partial charge on any atom is 0.213 e. The molecule has 0 saturated carbocycles. The third-order valence-corrected chi connectivity index (χ3v) is 4.73. The molecule has 2 unspecified atom stereocenters. The van der Waals surface area contributed by atoms with Crippen LogP contribution in [0, 0.1) is 5.82 Å². The Kier molecular flexibility index (Phi) is 4.93. The van der Waals surface area contributed by atoms with Crippen molar-refractivity contribution in [2.75, 3.05) is 0 Å². The average molecular weight is 338 g/mol. The number of allylic oxidation sites excluding steroid dienone is 4. The predicted octanol–water partition coefficient (Wildman–Crippen LogP) is 5.81. The molecule has 0 N–H and O–H groups in total. The van der Waals surface area contributed by atoms with Crippen LogP contribution in [0.25, 0.3) is 11.3 Å². The third kappa shape index (κ3) is 3.46. The maximum absolute atomic E-state index is 13.9. The van der Waals surface area contributed by atoms with Gasteiger partial charge in [-0.25, -0.2) is 8.78 Å². The molecule has 1 aliphatic heterocycles. The second-order valence-electron chi connectivity index (χ2n) is 6.49. The van der Waals surface area contributed by atoms with Gasteiger partial charge in [0.2, 0.25) is 5.69 Å².